The first-order chi connectivity index (χ1) is 13.9. The molecule has 0 fully saturated rings. The molecule has 0 saturated carbocycles. The Morgan fingerprint density at radius 1 is 1.00 bits per heavy atom. The zero-order valence-corrected chi connectivity index (χ0v) is 18.1. The fourth-order valence-corrected chi connectivity index (χ4v) is 5.39. The van der Waals surface area contributed by atoms with Gasteiger partial charge in [-0.1, -0.05) is 56.3 Å². The van der Waals surface area contributed by atoms with Gasteiger partial charge in [0.2, 0.25) is 10.0 Å². The summed E-state index contributed by atoms with van der Waals surface area (Å²) >= 11 is 1.53. The van der Waals surface area contributed by atoms with Crippen molar-refractivity contribution >= 4 is 21.4 Å². The number of hydrogen-bond acceptors (Lipinski definition) is 4. The fourth-order valence-electron chi connectivity index (χ4n) is 3.18. The van der Waals surface area contributed by atoms with E-state index in [4.69, 9.17) is 5.26 Å². The molecule has 0 aliphatic heterocycles. The lowest BCUT2D eigenvalue weighted by Crippen LogP contribution is -2.30. The molecule has 2 aromatic carbocycles. The maximum atomic E-state index is 12.9. The highest BCUT2D eigenvalue weighted by Crippen LogP contribution is 2.28. The molecule has 0 radical (unpaired) electrons. The Bertz CT molecular complexity index is 1060. The minimum atomic E-state index is -3.58. The summed E-state index contributed by atoms with van der Waals surface area (Å²) in [6.07, 6.45) is 0.994. The van der Waals surface area contributed by atoms with Crippen LogP contribution in [-0.4, -0.2) is 8.42 Å². The standard InChI is InChI=1S/C23H24N2O2S2/c1-17(2)14-18-9-11-21(12-10-18)23(22-4-3-13-28-22)25-29(26,27)16-20-7-5-19(15-24)6-8-20/h3-13,17,23,25H,14,16H2,1-2H3/t23-/m0/s1. The SMILES string of the molecule is CC(C)Cc1ccc([C@H](NS(=O)(=O)Cc2ccc(C#N)cc2)c2cccs2)cc1. The lowest BCUT2D eigenvalue weighted by Gasteiger charge is -2.19. The van der Waals surface area contributed by atoms with E-state index in [1.807, 2.05) is 35.7 Å². The molecule has 6 heteroatoms. The Morgan fingerprint density at radius 3 is 2.21 bits per heavy atom. The minimum absolute atomic E-state index is 0.133. The van der Waals surface area contributed by atoms with Crippen LogP contribution in [0.3, 0.4) is 0 Å². The maximum Gasteiger partial charge on any atom is 0.216 e. The molecule has 150 valence electrons. The van der Waals surface area contributed by atoms with Gasteiger partial charge in [-0.05, 0) is 52.6 Å². The zero-order valence-electron chi connectivity index (χ0n) is 16.5. The third-order valence-corrected chi connectivity index (χ3v) is 6.77. The average Bonchev–Trinajstić information content (AvgIpc) is 3.21. The molecule has 0 amide bonds. The summed E-state index contributed by atoms with van der Waals surface area (Å²) in [4.78, 5) is 0.949. The van der Waals surface area contributed by atoms with Crippen molar-refractivity contribution < 1.29 is 8.42 Å². The highest BCUT2D eigenvalue weighted by atomic mass is 32.2. The van der Waals surface area contributed by atoms with Gasteiger partial charge in [-0.15, -0.1) is 11.3 Å². The number of nitrogens with zero attached hydrogens (tertiary/aromatic N) is 1. The summed E-state index contributed by atoms with van der Waals surface area (Å²) in [6, 6.07) is 20.3. The Hall–Kier alpha value is -2.46. The van der Waals surface area contributed by atoms with Crippen molar-refractivity contribution in [1.29, 1.82) is 5.26 Å². The number of nitrogens with one attached hydrogen (secondary N) is 1. The Balaban J connectivity index is 1.82. The molecule has 0 unspecified atom stereocenters. The third kappa shape index (κ3) is 6.01. The first-order valence-electron chi connectivity index (χ1n) is 9.47. The summed E-state index contributed by atoms with van der Waals surface area (Å²) in [5, 5.41) is 10.8. The number of thiophene rings is 1. The van der Waals surface area contributed by atoms with E-state index in [2.05, 4.69) is 30.7 Å². The van der Waals surface area contributed by atoms with Gasteiger partial charge in [-0.25, -0.2) is 13.1 Å². The van der Waals surface area contributed by atoms with Crippen LogP contribution in [0.25, 0.3) is 0 Å². The second-order valence-electron chi connectivity index (χ2n) is 7.47. The molecular weight excluding hydrogens is 400 g/mol. The van der Waals surface area contributed by atoms with Crippen molar-refractivity contribution in [3.8, 4) is 6.07 Å². The van der Waals surface area contributed by atoms with Gasteiger partial charge in [0.25, 0.3) is 0 Å². The number of hydrogen-bond donors (Lipinski definition) is 1. The summed E-state index contributed by atoms with van der Waals surface area (Å²) < 4.78 is 28.6. The number of rotatable bonds is 8. The molecule has 29 heavy (non-hydrogen) atoms. The van der Waals surface area contributed by atoms with E-state index in [1.165, 1.54) is 16.9 Å². The van der Waals surface area contributed by atoms with Crippen LogP contribution in [0.15, 0.2) is 66.0 Å². The van der Waals surface area contributed by atoms with Crippen molar-refractivity contribution in [2.24, 2.45) is 5.92 Å². The van der Waals surface area contributed by atoms with Crippen LogP contribution in [0.1, 0.15) is 47.0 Å². The van der Waals surface area contributed by atoms with Crippen LogP contribution in [-0.2, 0) is 22.2 Å². The molecule has 1 N–H and O–H groups in total. The van der Waals surface area contributed by atoms with Gasteiger partial charge in [0.1, 0.15) is 0 Å². The zero-order chi connectivity index (χ0) is 20.9. The molecule has 4 nitrogen and oxygen atoms in total. The molecule has 0 saturated heterocycles. The van der Waals surface area contributed by atoms with Gasteiger partial charge in [0.15, 0.2) is 0 Å². The quantitative estimate of drug-likeness (QED) is 0.551. The topological polar surface area (TPSA) is 70.0 Å². The lowest BCUT2D eigenvalue weighted by atomic mass is 9.99. The first-order valence-corrected chi connectivity index (χ1v) is 12.0. The van der Waals surface area contributed by atoms with E-state index in [9.17, 15) is 8.42 Å². The first kappa shape index (κ1) is 21.3. The minimum Gasteiger partial charge on any atom is -0.212 e. The summed E-state index contributed by atoms with van der Waals surface area (Å²) in [7, 11) is -3.58. The molecule has 3 rings (SSSR count). The van der Waals surface area contributed by atoms with Crippen molar-refractivity contribution in [3.05, 3.63) is 93.2 Å². The van der Waals surface area contributed by atoms with Crippen LogP contribution >= 0.6 is 11.3 Å². The van der Waals surface area contributed by atoms with Crippen LogP contribution in [0, 0.1) is 17.2 Å². The average molecular weight is 425 g/mol. The van der Waals surface area contributed by atoms with E-state index in [0.29, 0.717) is 17.0 Å². The second-order valence-corrected chi connectivity index (χ2v) is 10.2. The van der Waals surface area contributed by atoms with E-state index < -0.39 is 16.1 Å². The molecule has 0 aliphatic carbocycles. The Morgan fingerprint density at radius 2 is 1.66 bits per heavy atom. The van der Waals surface area contributed by atoms with E-state index >= 15 is 0 Å². The van der Waals surface area contributed by atoms with Crippen LogP contribution in [0.4, 0.5) is 0 Å². The molecule has 0 spiro atoms. The van der Waals surface area contributed by atoms with Crippen molar-refractivity contribution in [1.82, 2.24) is 4.72 Å². The Labute approximate surface area is 176 Å². The predicted molar refractivity (Wildman–Crippen MR) is 118 cm³/mol. The van der Waals surface area contributed by atoms with Crippen molar-refractivity contribution in [2.45, 2.75) is 32.1 Å². The highest BCUT2D eigenvalue weighted by molar-refractivity contribution is 7.88. The summed E-state index contributed by atoms with van der Waals surface area (Å²) in [5.74, 6) is 0.436. The van der Waals surface area contributed by atoms with E-state index in [-0.39, 0.29) is 5.75 Å². The smallest absolute Gasteiger partial charge is 0.212 e. The third-order valence-electron chi connectivity index (χ3n) is 4.52. The number of benzene rings is 2. The summed E-state index contributed by atoms with van der Waals surface area (Å²) in [6.45, 7) is 4.36. The molecule has 3 aromatic rings. The summed E-state index contributed by atoms with van der Waals surface area (Å²) in [5.41, 5.74) is 3.32. The molecule has 1 atom stereocenters. The fraction of sp³-hybridized carbons (Fsp3) is 0.261. The van der Waals surface area contributed by atoms with Crippen LogP contribution in [0.5, 0.6) is 0 Å². The van der Waals surface area contributed by atoms with Gasteiger partial charge >= 0.3 is 0 Å². The van der Waals surface area contributed by atoms with Crippen LogP contribution in [0.2, 0.25) is 0 Å². The molecule has 1 aromatic heterocycles. The van der Waals surface area contributed by atoms with E-state index in [0.717, 1.165) is 16.9 Å². The highest BCUT2D eigenvalue weighted by Gasteiger charge is 2.22. The van der Waals surface area contributed by atoms with E-state index in [1.54, 1.807) is 24.3 Å². The lowest BCUT2D eigenvalue weighted by molar-refractivity contribution is 0.572. The van der Waals surface area contributed by atoms with Gasteiger partial charge in [-0.3, -0.25) is 0 Å². The van der Waals surface area contributed by atoms with Gasteiger partial charge in [0.05, 0.1) is 23.4 Å². The number of nitriles is 1. The monoisotopic (exact) mass is 424 g/mol. The van der Waals surface area contributed by atoms with Crippen molar-refractivity contribution in [2.75, 3.05) is 0 Å². The second kappa shape index (κ2) is 9.36. The van der Waals surface area contributed by atoms with Gasteiger partial charge in [-0.2, -0.15) is 5.26 Å². The predicted octanol–water partition coefficient (Wildman–Crippen LogP) is 5.03. The van der Waals surface area contributed by atoms with Crippen LogP contribution < -0.4 is 4.72 Å². The maximum absolute atomic E-state index is 12.9. The molecule has 0 bridgehead atoms. The Kier molecular flexibility index (Phi) is 6.86. The van der Waals surface area contributed by atoms with Crippen molar-refractivity contribution in [3.63, 3.8) is 0 Å². The molecular formula is C23H24N2O2S2. The normalized spacial score (nSPS) is 12.6. The van der Waals surface area contributed by atoms with Gasteiger partial charge in [0, 0.05) is 4.88 Å². The number of sulfonamides is 1. The van der Waals surface area contributed by atoms with Gasteiger partial charge < -0.3 is 0 Å². The molecule has 0 aliphatic rings. The largest absolute Gasteiger partial charge is 0.216 e. The molecule has 1 heterocycles.